The number of aromatic nitrogens is 2. The molecule has 0 unspecified atom stereocenters. The number of carbonyl (C=O) groups excluding carboxylic acids is 1. The fourth-order valence-electron chi connectivity index (χ4n) is 1.43. The minimum Gasteiger partial charge on any atom is -0.300 e. The van der Waals surface area contributed by atoms with Crippen LogP contribution in [-0.4, -0.2) is 48.2 Å². The van der Waals surface area contributed by atoms with Gasteiger partial charge >= 0.3 is 0 Å². The van der Waals surface area contributed by atoms with Crippen molar-refractivity contribution in [1.82, 2.24) is 14.5 Å². The summed E-state index contributed by atoms with van der Waals surface area (Å²) >= 11 is 1.29. The highest BCUT2D eigenvalue weighted by Gasteiger charge is 2.37. The first-order valence-electron chi connectivity index (χ1n) is 4.92. The highest BCUT2D eigenvalue weighted by molar-refractivity contribution is 7.88. The Morgan fingerprint density at radius 3 is 2.59 bits per heavy atom. The van der Waals surface area contributed by atoms with Crippen molar-refractivity contribution in [2.75, 3.05) is 24.7 Å². The van der Waals surface area contributed by atoms with Crippen LogP contribution in [0.2, 0.25) is 0 Å². The van der Waals surface area contributed by atoms with Crippen molar-refractivity contribution in [3.05, 3.63) is 5.01 Å². The summed E-state index contributed by atoms with van der Waals surface area (Å²) in [4.78, 5) is 11.7. The number of anilines is 1. The van der Waals surface area contributed by atoms with Gasteiger partial charge in [-0.2, -0.15) is 0 Å². The number of hydrogen-bond acceptors (Lipinski definition) is 6. The van der Waals surface area contributed by atoms with Gasteiger partial charge in [0.05, 0.1) is 12.2 Å². The van der Waals surface area contributed by atoms with E-state index < -0.39 is 10.0 Å². The number of rotatable bonds is 3. The molecule has 1 aliphatic rings. The Bertz CT molecular complexity index is 533. The summed E-state index contributed by atoms with van der Waals surface area (Å²) in [6.45, 7) is 2.27. The topological polar surface area (TPSA) is 92.3 Å². The molecule has 0 radical (unpaired) electrons. The molecule has 2 heterocycles. The van der Waals surface area contributed by atoms with Gasteiger partial charge in [0, 0.05) is 13.1 Å². The van der Waals surface area contributed by atoms with E-state index in [2.05, 4.69) is 15.5 Å². The Morgan fingerprint density at radius 1 is 1.47 bits per heavy atom. The molecular formula is C8H12N4O3S2. The van der Waals surface area contributed by atoms with Crippen molar-refractivity contribution in [2.45, 2.75) is 6.92 Å². The number of amides is 1. The predicted molar refractivity (Wildman–Crippen MR) is 63.2 cm³/mol. The number of aryl methyl sites for hydroxylation is 1. The first-order chi connectivity index (χ1) is 7.86. The molecule has 94 valence electrons. The van der Waals surface area contributed by atoms with Gasteiger partial charge in [0.2, 0.25) is 21.1 Å². The third-order valence-electron chi connectivity index (χ3n) is 2.44. The van der Waals surface area contributed by atoms with Crippen molar-refractivity contribution in [1.29, 1.82) is 0 Å². The molecule has 0 aromatic carbocycles. The van der Waals surface area contributed by atoms with Gasteiger partial charge in [-0.25, -0.2) is 12.7 Å². The molecule has 0 bridgehead atoms. The van der Waals surface area contributed by atoms with E-state index in [-0.39, 0.29) is 24.9 Å². The molecule has 1 aromatic rings. The SMILES string of the molecule is Cc1nnc(NC(=O)C2CN(S(C)(=O)=O)C2)s1. The minimum atomic E-state index is -3.17. The molecule has 7 nitrogen and oxygen atoms in total. The molecule has 1 amide bonds. The molecule has 17 heavy (non-hydrogen) atoms. The summed E-state index contributed by atoms with van der Waals surface area (Å²) in [6.07, 6.45) is 1.13. The van der Waals surface area contributed by atoms with Crippen molar-refractivity contribution >= 4 is 32.4 Å². The third kappa shape index (κ3) is 2.79. The van der Waals surface area contributed by atoms with E-state index in [1.54, 1.807) is 6.92 Å². The molecule has 1 N–H and O–H groups in total. The zero-order valence-electron chi connectivity index (χ0n) is 9.37. The fourth-order valence-corrected chi connectivity index (χ4v) is 2.93. The zero-order valence-corrected chi connectivity index (χ0v) is 11.0. The van der Waals surface area contributed by atoms with Crippen LogP contribution in [0.5, 0.6) is 0 Å². The number of nitrogens with zero attached hydrogens (tertiary/aromatic N) is 3. The lowest BCUT2D eigenvalue weighted by Crippen LogP contribution is -2.53. The molecule has 0 aliphatic carbocycles. The van der Waals surface area contributed by atoms with Crippen LogP contribution in [0.3, 0.4) is 0 Å². The van der Waals surface area contributed by atoms with Gasteiger partial charge in [-0.15, -0.1) is 10.2 Å². The molecule has 1 aliphatic heterocycles. The van der Waals surface area contributed by atoms with E-state index in [1.165, 1.54) is 15.6 Å². The molecule has 1 aromatic heterocycles. The first-order valence-corrected chi connectivity index (χ1v) is 7.59. The van der Waals surface area contributed by atoms with Crippen molar-refractivity contribution < 1.29 is 13.2 Å². The Morgan fingerprint density at radius 2 is 2.12 bits per heavy atom. The molecule has 1 fully saturated rings. The van der Waals surface area contributed by atoms with Gasteiger partial charge in [-0.3, -0.25) is 4.79 Å². The first kappa shape index (κ1) is 12.4. The molecule has 9 heteroatoms. The average molecular weight is 276 g/mol. The third-order valence-corrected chi connectivity index (χ3v) is 4.43. The number of nitrogens with one attached hydrogen (secondary N) is 1. The Hall–Kier alpha value is -1.06. The molecule has 0 atom stereocenters. The van der Waals surface area contributed by atoms with Crippen molar-refractivity contribution in [3.63, 3.8) is 0 Å². The lowest BCUT2D eigenvalue weighted by atomic mass is 10.0. The summed E-state index contributed by atoms with van der Waals surface area (Å²) in [6, 6.07) is 0. The molecule has 1 saturated heterocycles. The van der Waals surface area contributed by atoms with Gasteiger partial charge < -0.3 is 5.32 Å². The van der Waals surface area contributed by atoms with E-state index in [0.717, 1.165) is 11.3 Å². The van der Waals surface area contributed by atoms with E-state index in [0.29, 0.717) is 5.13 Å². The lowest BCUT2D eigenvalue weighted by molar-refractivity contribution is -0.122. The standard InChI is InChI=1S/C8H12N4O3S2/c1-5-10-11-8(16-5)9-7(13)6-3-12(4-6)17(2,14)15/h6H,3-4H2,1-2H3,(H,9,11,13). The van der Waals surface area contributed by atoms with E-state index in [1.807, 2.05) is 0 Å². The second kappa shape index (κ2) is 4.31. The highest BCUT2D eigenvalue weighted by Crippen LogP contribution is 2.21. The largest absolute Gasteiger partial charge is 0.300 e. The fraction of sp³-hybridized carbons (Fsp3) is 0.625. The predicted octanol–water partition coefficient (Wildman–Crippen LogP) is -0.324. The van der Waals surface area contributed by atoms with Crippen LogP contribution in [0.25, 0.3) is 0 Å². The van der Waals surface area contributed by atoms with E-state index in [4.69, 9.17) is 0 Å². The van der Waals surface area contributed by atoms with Crippen molar-refractivity contribution in [3.8, 4) is 0 Å². The molecule has 0 saturated carbocycles. The smallest absolute Gasteiger partial charge is 0.231 e. The van der Waals surface area contributed by atoms with E-state index >= 15 is 0 Å². The number of sulfonamides is 1. The van der Waals surface area contributed by atoms with Crippen LogP contribution < -0.4 is 5.32 Å². The number of carbonyl (C=O) groups is 1. The van der Waals surface area contributed by atoms with Crippen LogP contribution in [0.1, 0.15) is 5.01 Å². The van der Waals surface area contributed by atoms with Gasteiger partial charge in [-0.1, -0.05) is 11.3 Å². The van der Waals surface area contributed by atoms with Crippen LogP contribution in [0.15, 0.2) is 0 Å². The maximum Gasteiger partial charge on any atom is 0.231 e. The zero-order chi connectivity index (χ0) is 12.6. The monoisotopic (exact) mass is 276 g/mol. The molecule has 0 spiro atoms. The molecule has 2 rings (SSSR count). The number of hydrogen-bond donors (Lipinski definition) is 1. The van der Waals surface area contributed by atoms with Crippen LogP contribution >= 0.6 is 11.3 Å². The van der Waals surface area contributed by atoms with Crippen LogP contribution in [0.4, 0.5) is 5.13 Å². The van der Waals surface area contributed by atoms with E-state index in [9.17, 15) is 13.2 Å². The summed E-state index contributed by atoms with van der Waals surface area (Å²) < 4.78 is 23.5. The highest BCUT2D eigenvalue weighted by atomic mass is 32.2. The second-order valence-electron chi connectivity index (χ2n) is 3.89. The Balaban J connectivity index is 1.88. The molecular weight excluding hydrogens is 264 g/mol. The Kier molecular flexibility index (Phi) is 3.15. The van der Waals surface area contributed by atoms with Gasteiger partial charge in [0.25, 0.3) is 0 Å². The normalized spacial score (nSPS) is 17.8. The maximum atomic E-state index is 11.7. The summed E-state index contributed by atoms with van der Waals surface area (Å²) in [5, 5.41) is 11.4. The van der Waals surface area contributed by atoms with Gasteiger partial charge in [0.1, 0.15) is 5.01 Å². The summed E-state index contributed by atoms with van der Waals surface area (Å²) in [7, 11) is -3.17. The summed E-state index contributed by atoms with van der Waals surface area (Å²) in [5.41, 5.74) is 0. The van der Waals surface area contributed by atoms with Crippen LogP contribution in [-0.2, 0) is 14.8 Å². The van der Waals surface area contributed by atoms with Gasteiger partial charge in [-0.05, 0) is 6.92 Å². The van der Waals surface area contributed by atoms with Gasteiger partial charge in [0.15, 0.2) is 0 Å². The lowest BCUT2D eigenvalue weighted by Gasteiger charge is -2.35. The second-order valence-corrected chi connectivity index (χ2v) is 7.06. The van der Waals surface area contributed by atoms with Crippen LogP contribution in [0, 0.1) is 12.8 Å². The Labute approximate surface area is 103 Å². The average Bonchev–Trinajstić information content (AvgIpc) is 2.45. The summed E-state index contributed by atoms with van der Waals surface area (Å²) in [5.74, 6) is -0.505. The minimum absolute atomic E-state index is 0.207. The van der Waals surface area contributed by atoms with Crippen molar-refractivity contribution in [2.24, 2.45) is 5.92 Å². The quantitative estimate of drug-likeness (QED) is 0.816. The maximum absolute atomic E-state index is 11.7.